The van der Waals surface area contributed by atoms with Crippen LogP contribution in [-0.4, -0.2) is 36.8 Å². The van der Waals surface area contributed by atoms with Gasteiger partial charge in [0.1, 0.15) is 16.2 Å². The lowest BCUT2D eigenvalue weighted by Gasteiger charge is -2.19. The van der Waals surface area contributed by atoms with E-state index in [2.05, 4.69) is 37.7 Å². The summed E-state index contributed by atoms with van der Waals surface area (Å²) in [5.41, 5.74) is 0. The molecular weight excluding hydrogens is 306 g/mol. The molecule has 1 aliphatic rings. The number of anilines is 1. The predicted octanol–water partition coefficient (Wildman–Crippen LogP) is 3.05. The van der Waals surface area contributed by atoms with E-state index >= 15 is 0 Å². The number of hydrogen-bond acceptors (Lipinski definition) is 4. The van der Waals surface area contributed by atoms with Gasteiger partial charge in [-0.15, -0.1) is 0 Å². The summed E-state index contributed by atoms with van der Waals surface area (Å²) in [5.74, 6) is 2.69. The number of aromatic nitrogens is 2. The number of halogens is 1. The Morgan fingerprint density at radius 2 is 2.21 bits per heavy atom. The smallest absolute Gasteiger partial charge is 0.133 e. The molecule has 0 aromatic carbocycles. The van der Waals surface area contributed by atoms with E-state index in [1.807, 2.05) is 13.1 Å². The van der Waals surface area contributed by atoms with Crippen molar-refractivity contribution in [3.8, 4) is 0 Å². The SMILES string of the molecule is CCCc1nc(Br)cc(N(C)CCOCC2CC2)n1. The quantitative estimate of drug-likeness (QED) is 0.543. The number of nitrogens with zero attached hydrogens (tertiary/aromatic N) is 3. The largest absolute Gasteiger partial charge is 0.379 e. The molecule has 0 bridgehead atoms. The Balaban J connectivity index is 1.83. The average Bonchev–Trinajstić information content (AvgIpc) is 3.18. The minimum absolute atomic E-state index is 0.762. The molecule has 1 saturated carbocycles. The van der Waals surface area contributed by atoms with Crippen LogP contribution >= 0.6 is 15.9 Å². The maximum absolute atomic E-state index is 5.66. The van der Waals surface area contributed by atoms with Gasteiger partial charge in [0.25, 0.3) is 0 Å². The first kappa shape index (κ1) is 14.7. The Morgan fingerprint density at radius 3 is 2.89 bits per heavy atom. The summed E-state index contributed by atoms with van der Waals surface area (Å²) >= 11 is 3.45. The summed E-state index contributed by atoms with van der Waals surface area (Å²) in [7, 11) is 2.05. The first-order chi connectivity index (χ1) is 9.19. The van der Waals surface area contributed by atoms with Crippen LogP contribution in [0.15, 0.2) is 10.7 Å². The van der Waals surface area contributed by atoms with E-state index in [-0.39, 0.29) is 0 Å². The average molecular weight is 328 g/mol. The van der Waals surface area contributed by atoms with Gasteiger partial charge in [-0.05, 0) is 41.1 Å². The van der Waals surface area contributed by atoms with Gasteiger partial charge < -0.3 is 9.64 Å². The molecule has 2 rings (SSSR count). The third-order valence-corrected chi connectivity index (χ3v) is 3.62. The van der Waals surface area contributed by atoms with Crippen molar-refractivity contribution in [2.45, 2.75) is 32.6 Å². The zero-order chi connectivity index (χ0) is 13.7. The van der Waals surface area contributed by atoms with Gasteiger partial charge >= 0.3 is 0 Å². The van der Waals surface area contributed by atoms with Gasteiger partial charge in [-0.3, -0.25) is 0 Å². The number of ether oxygens (including phenoxy) is 1. The van der Waals surface area contributed by atoms with Crippen molar-refractivity contribution in [2.75, 3.05) is 31.7 Å². The van der Waals surface area contributed by atoms with Crippen molar-refractivity contribution < 1.29 is 4.74 Å². The van der Waals surface area contributed by atoms with Crippen LogP contribution in [0.1, 0.15) is 32.0 Å². The van der Waals surface area contributed by atoms with Crippen molar-refractivity contribution in [3.05, 3.63) is 16.5 Å². The van der Waals surface area contributed by atoms with Gasteiger partial charge in [0.2, 0.25) is 0 Å². The summed E-state index contributed by atoms with van der Waals surface area (Å²) in [6.45, 7) is 4.68. The van der Waals surface area contributed by atoms with E-state index in [1.54, 1.807) is 0 Å². The Morgan fingerprint density at radius 1 is 1.42 bits per heavy atom. The molecule has 0 unspecified atom stereocenters. The topological polar surface area (TPSA) is 38.2 Å². The second-order valence-electron chi connectivity index (χ2n) is 5.15. The lowest BCUT2D eigenvalue weighted by Crippen LogP contribution is -2.24. The molecule has 0 aliphatic heterocycles. The second-order valence-corrected chi connectivity index (χ2v) is 5.97. The molecule has 0 amide bonds. The summed E-state index contributed by atoms with van der Waals surface area (Å²) in [6.07, 6.45) is 4.66. The molecule has 0 N–H and O–H groups in total. The summed E-state index contributed by atoms with van der Waals surface area (Å²) in [5, 5.41) is 0. The van der Waals surface area contributed by atoms with Crippen molar-refractivity contribution >= 4 is 21.7 Å². The fraction of sp³-hybridized carbons (Fsp3) is 0.714. The number of hydrogen-bond donors (Lipinski definition) is 0. The van der Waals surface area contributed by atoms with Gasteiger partial charge in [-0.1, -0.05) is 6.92 Å². The molecule has 4 nitrogen and oxygen atoms in total. The van der Waals surface area contributed by atoms with Crippen LogP contribution < -0.4 is 4.90 Å². The Hall–Kier alpha value is -0.680. The molecule has 1 fully saturated rings. The van der Waals surface area contributed by atoms with Crippen LogP contribution in [0.25, 0.3) is 0 Å². The molecule has 1 aromatic rings. The minimum atomic E-state index is 0.762. The fourth-order valence-electron chi connectivity index (χ4n) is 1.83. The highest BCUT2D eigenvalue weighted by Crippen LogP contribution is 2.28. The molecule has 5 heteroatoms. The Bertz CT molecular complexity index is 410. The fourth-order valence-corrected chi connectivity index (χ4v) is 2.24. The second kappa shape index (κ2) is 7.20. The zero-order valence-corrected chi connectivity index (χ0v) is 13.3. The van der Waals surface area contributed by atoms with Crippen molar-refractivity contribution in [3.63, 3.8) is 0 Å². The van der Waals surface area contributed by atoms with Gasteiger partial charge in [0, 0.05) is 32.7 Å². The van der Waals surface area contributed by atoms with E-state index in [0.717, 1.165) is 54.8 Å². The first-order valence-corrected chi connectivity index (χ1v) is 7.80. The van der Waals surface area contributed by atoms with Gasteiger partial charge in [0.15, 0.2) is 0 Å². The summed E-state index contributed by atoms with van der Waals surface area (Å²) < 4.78 is 6.51. The maximum atomic E-state index is 5.66. The zero-order valence-electron chi connectivity index (χ0n) is 11.7. The van der Waals surface area contributed by atoms with Crippen molar-refractivity contribution in [1.29, 1.82) is 0 Å². The van der Waals surface area contributed by atoms with Crippen LogP contribution in [0.4, 0.5) is 5.82 Å². The number of rotatable bonds is 8. The molecule has 106 valence electrons. The van der Waals surface area contributed by atoms with Gasteiger partial charge in [0.05, 0.1) is 6.61 Å². The van der Waals surface area contributed by atoms with Crippen LogP contribution in [0.5, 0.6) is 0 Å². The maximum Gasteiger partial charge on any atom is 0.133 e. The first-order valence-electron chi connectivity index (χ1n) is 7.01. The van der Waals surface area contributed by atoms with E-state index in [0.29, 0.717) is 0 Å². The molecule has 0 radical (unpaired) electrons. The predicted molar refractivity (Wildman–Crippen MR) is 80.5 cm³/mol. The lowest BCUT2D eigenvalue weighted by atomic mass is 10.3. The monoisotopic (exact) mass is 327 g/mol. The Kier molecular flexibility index (Phi) is 5.58. The molecule has 0 saturated heterocycles. The normalized spacial score (nSPS) is 14.7. The summed E-state index contributed by atoms with van der Waals surface area (Å²) in [6, 6.07) is 1.96. The molecule has 0 atom stereocenters. The van der Waals surface area contributed by atoms with E-state index in [1.165, 1.54) is 12.8 Å². The van der Waals surface area contributed by atoms with Gasteiger partial charge in [-0.25, -0.2) is 9.97 Å². The van der Waals surface area contributed by atoms with Crippen LogP contribution in [0, 0.1) is 5.92 Å². The minimum Gasteiger partial charge on any atom is -0.379 e. The van der Waals surface area contributed by atoms with E-state index < -0.39 is 0 Å². The standard InChI is InChI=1S/C14H22BrN3O/c1-3-4-13-16-12(15)9-14(17-13)18(2)7-8-19-10-11-5-6-11/h9,11H,3-8,10H2,1-2H3. The highest BCUT2D eigenvalue weighted by atomic mass is 79.9. The van der Waals surface area contributed by atoms with E-state index in [9.17, 15) is 0 Å². The number of aryl methyl sites for hydroxylation is 1. The van der Waals surface area contributed by atoms with Crippen molar-refractivity contribution in [1.82, 2.24) is 9.97 Å². The number of likely N-dealkylation sites (N-methyl/N-ethyl adjacent to an activating group) is 1. The Labute approximate surface area is 123 Å². The highest BCUT2D eigenvalue weighted by Gasteiger charge is 2.21. The van der Waals surface area contributed by atoms with Crippen LogP contribution in [0.3, 0.4) is 0 Å². The van der Waals surface area contributed by atoms with Crippen LogP contribution in [0.2, 0.25) is 0 Å². The van der Waals surface area contributed by atoms with Crippen LogP contribution in [-0.2, 0) is 11.2 Å². The lowest BCUT2D eigenvalue weighted by molar-refractivity contribution is 0.131. The van der Waals surface area contributed by atoms with Gasteiger partial charge in [-0.2, -0.15) is 0 Å². The molecule has 0 spiro atoms. The molecule has 1 aliphatic carbocycles. The summed E-state index contributed by atoms with van der Waals surface area (Å²) in [4.78, 5) is 11.1. The molecule has 1 aromatic heterocycles. The third-order valence-electron chi connectivity index (χ3n) is 3.21. The van der Waals surface area contributed by atoms with E-state index in [4.69, 9.17) is 4.74 Å². The van der Waals surface area contributed by atoms with Crippen molar-refractivity contribution in [2.24, 2.45) is 5.92 Å². The molecular formula is C14H22BrN3O. The molecule has 19 heavy (non-hydrogen) atoms. The molecule has 1 heterocycles. The third kappa shape index (κ3) is 5.07. The highest BCUT2D eigenvalue weighted by molar-refractivity contribution is 9.10.